The number of benzene rings is 6. The van der Waals surface area contributed by atoms with Gasteiger partial charge in [0.2, 0.25) is 0 Å². The van der Waals surface area contributed by atoms with Gasteiger partial charge in [0.05, 0.1) is 33.2 Å². The molecule has 0 aliphatic rings. The lowest BCUT2D eigenvalue weighted by Crippen LogP contribution is -1.99. The summed E-state index contributed by atoms with van der Waals surface area (Å²) in [6.45, 7) is 0. The first-order chi connectivity index (χ1) is 20.8. The Morgan fingerprint density at radius 2 is 0.905 bits per heavy atom. The van der Waals surface area contributed by atoms with Gasteiger partial charge in [0, 0.05) is 38.5 Å². The van der Waals surface area contributed by atoms with Crippen LogP contribution in [0, 0.1) is 22.7 Å². The van der Waals surface area contributed by atoms with Gasteiger partial charge in [-0.3, -0.25) is 0 Å². The van der Waals surface area contributed by atoms with Gasteiger partial charge in [-0.1, -0.05) is 78.9 Å². The van der Waals surface area contributed by atoms with Crippen LogP contribution in [0.15, 0.2) is 133 Å². The molecule has 2 aromatic heterocycles. The smallest absolute Gasteiger partial charge is 0.101 e. The van der Waals surface area contributed by atoms with Crippen molar-refractivity contribution in [3.8, 4) is 34.6 Å². The summed E-state index contributed by atoms with van der Waals surface area (Å²) in [6.07, 6.45) is 0. The Labute approximate surface area is 242 Å². The number of para-hydroxylation sites is 4. The first-order valence-electron chi connectivity index (χ1n) is 13.8. The molecule has 8 aromatic rings. The van der Waals surface area contributed by atoms with E-state index in [1.165, 1.54) is 0 Å². The third kappa shape index (κ3) is 3.33. The van der Waals surface area contributed by atoms with Gasteiger partial charge in [-0.15, -0.1) is 0 Å². The molecule has 0 saturated carbocycles. The van der Waals surface area contributed by atoms with Gasteiger partial charge in [0.1, 0.15) is 12.1 Å². The van der Waals surface area contributed by atoms with Crippen LogP contribution in [0.3, 0.4) is 0 Å². The zero-order chi connectivity index (χ0) is 28.2. The molecule has 0 atom stereocenters. The van der Waals surface area contributed by atoms with E-state index in [1.807, 2.05) is 24.3 Å². The second kappa shape index (κ2) is 9.24. The van der Waals surface area contributed by atoms with E-state index in [4.69, 9.17) is 0 Å². The summed E-state index contributed by atoms with van der Waals surface area (Å²) in [5.74, 6) is 0. The minimum atomic E-state index is 0.366. The van der Waals surface area contributed by atoms with E-state index >= 15 is 0 Å². The molecule has 0 aliphatic heterocycles. The fourth-order valence-electron chi connectivity index (χ4n) is 6.43. The lowest BCUT2D eigenvalue weighted by atomic mass is 9.95. The molecule has 0 aliphatic carbocycles. The van der Waals surface area contributed by atoms with Gasteiger partial charge in [0.25, 0.3) is 0 Å². The first-order valence-corrected chi connectivity index (χ1v) is 13.8. The van der Waals surface area contributed by atoms with E-state index in [1.54, 1.807) is 6.07 Å². The van der Waals surface area contributed by atoms with E-state index in [9.17, 15) is 10.5 Å². The Kier molecular flexibility index (Phi) is 5.22. The average molecular weight is 535 g/mol. The maximum absolute atomic E-state index is 10.0. The van der Waals surface area contributed by atoms with Crippen molar-refractivity contribution in [3.05, 3.63) is 145 Å². The van der Waals surface area contributed by atoms with Crippen LogP contribution in [-0.4, -0.2) is 9.13 Å². The van der Waals surface area contributed by atoms with E-state index in [2.05, 4.69) is 124 Å². The zero-order valence-corrected chi connectivity index (χ0v) is 22.5. The van der Waals surface area contributed by atoms with Gasteiger partial charge < -0.3 is 9.13 Å². The Morgan fingerprint density at radius 3 is 1.40 bits per heavy atom. The van der Waals surface area contributed by atoms with Gasteiger partial charge in [-0.05, 0) is 60.2 Å². The number of rotatable bonds is 3. The third-order valence-electron chi connectivity index (χ3n) is 8.17. The van der Waals surface area contributed by atoms with Crippen LogP contribution in [0.25, 0.3) is 66.1 Å². The van der Waals surface area contributed by atoms with Crippen LogP contribution in [0.1, 0.15) is 11.1 Å². The SMILES string of the molecule is N#Cc1ccc(-c2c3c(cc4c5ccccc5n(-c5ccccc5)c24)c2ccccc2n3-c2ccccc2)cc1C#N. The minimum absolute atomic E-state index is 0.366. The molecule has 0 fully saturated rings. The molecule has 0 spiro atoms. The van der Waals surface area contributed by atoms with Crippen LogP contribution in [0.4, 0.5) is 0 Å². The molecule has 2 heterocycles. The molecule has 6 aromatic carbocycles. The largest absolute Gasteiger partial charge is 0.309 e. The van der Waals surface area contributed by atoms with E-state index in [0.29, 0.717) is 11.1 Å². The highest BCUT2D eigenvalue weighted by atomic mass is 15.0. The predicted molar refractivity (Wildman–Crippen MR) is 170 cm³/mol. The van der Waals surface area contributed by atoms with Crippen molar-refractivity contribution >= 4 is 43.6 Å². The highest BCUT2D eigenvalue weighted by Gasteiger charge is 2.24. The Balaban J connectivity index is 1.70. The number of hydrogen-bond acceptors (Lipinski definition) is 2. The van der Waals surface area contributed by atoms with Gasteiger partial charge in [-0.25, -0.2) is 0 Å². The number of fused-ring (bicyclic) bond motifs is 6. The number of aromatic nitrogens is 2. The molecule has 0 bridgehead atoms. The normalized spacial score (nSPS) is 11.3. The fourth-order valence-corrected chi connectivity index (χ4v) is 6.43. The molecule has 42 heavy (non-hydrogen) atoms. The number of nitriles is 2. The van der Waals surface area contributed by atoms with Crippen LogP contribution in [0.5, 0.6) is 0 Å². The van der Waals surface area contributed by atoms with E-state index in [-0.39, 0.29) is 0 Å². The molecule has 0 saturated heterocycles. The predicted octanol–water partition coefficient (Wildman–Crippen LogP) is 9.29. The molecule has 194 valence electrons. The quantitative estimate of drug-likeness (QED) is 0.227. The summed E-state index contributed by atoms with van der Waals surface area (Å²) in [7, 11) is 0. The lowest BCUT2D eigenvalue weighted by molar-refractivity contribution is 1.17. The van der Waals surface area contributed by atoms with Gasteiger partial charge in [0.15, 0.2) is 0 Å². The molecule has 4 nitrogen and oxygen atoms in total. The summed E-state index contributed by atoms with van der Waals surface area (Å²) in [5, 5.41) is 24.3. The molecule has 4 heteroatoms. The maximum atomic E-state index is 10.0. The second-order valence-electron chi connectivity index (χ2n) is 10.4. The number of nitrogens with zero attached hydrogens (tertiary/aromatic N) is 4. The molecule has 0 radical (unpaired) electrons. The van der Waals surface area contributed by atoms with Gasteiger partial charge >= 0.3 is 0 Å². The molecule has 8 rings (SSSR count). The Morgan fingerprint density at radius 1 is 0.429 bits per heavy atom. The standard InChI is InChI=1S/C38H22N4/c39-23-26-20-19-25(21-27(26)24-40)36-37-32(30-15-7-9-17-34(30)41(37)28-11-3-1-4-12-28)22-33-31-16-8-10-18-35(31)42(38(33)36)29-13-5-2-6-14-29/h1-22H. The summed E-state index contributed by atoms with van der Waals surface area (Å²) in [4.78, 5) is 0. The van der Waals surface area contributed by atoms with E-state index in [0.717, 1.165) is 66.1 Å². The Hall–Kier alpha value is -6.10. The summed E-state index contributed by atoms with van der Waals surface area (Å²) in [5.41, 5.74) is 9.09. The Bertz CT molecular complexity index is 2280. The fraction of sp³-hybridized carbons (Fsp3) is 0. The highest BCUT2D eigenvalue weighted by Crippen LogP contribution is 2.46. The van der Waals surface area contributed by atoms with Crippen molar-refractivity contribution in [3.63, 3.8) is 0 Å². The van der Waals surface area contributed by atoms with Crippen molar-refractivity contribution in [2.75, 3.05) is 0 Å². The van der Waals surface area contributed by atoms with Crippen molar-refractivity contribution in [2.24, 2.45) is 0 Å². The van der Waals surface area contributed by atoms with Gasteiger partial charge in [-0.2, -0.15) is 10.5 Å². The van der Waals surface area contributed by atoms with E-state index < -0.39 is 0 Å². The first kappa shape index (κ1) is 23.8. The van der Waals surface area contributed by atoms with Crippen molar-refractivity contribution in [1.82, 2.24) is 9.13 Å². The van der Waals surface area contributed by atoms with Crippen LogP contribution in [-0.2, 0) is 0 Å². The number of hydrogen-bond donors (Lipinski definition) is 0. The molecular formula is C38H22N4. The molecule has 0 unspecified atom stereocenters. The summed E-state index contributed by atoms with van der Waals surface area (Å²) < 4.78 is 4.66. The maximum Gasteiger partial charge on any atom is 0.101 e. The van der Waals surface area contributed by atoms with Crippen molar-refractivity contribution < 1.29 is 0 Å². The topological polar surface area (TPSA) is 57.4 Å². The minimum Gasteiger partial charge on any atom is -0.309 e. The summed E-state index contributed by atoms with van der Waals surface area (Å²) >= 11 is 0. The monoisotopic (exact) mass is 534 g/mol. The third-order valence-corrected chi connectivity index (χ3v) is 8.17. The van der Waals surface area contributed by atoms with Crippen LogP contribution >= 0.6 is 0 Å². The second-order valence-corrected chi connectivity index (χ2v) is 10.4. The molecule has 0 amide bonds. The average Bonchev–Trinajstić information content (AvgIpc) is 3.57. The molecular weight excluding hydrogens is 512 g/mol. The van der Waals surface area contributed by atoms with Crippen LogP contribution < -0.4 is 0 Å². The lowest BCUT2D eigenvalue weighted by Gasteiger charge is -2.16. The zero-order valence-electron chi connectivity index (χ0n) is 22.5. The molecule has 0 N–H and O–H groups in total. The summed E-state index contributed by atoms with van der Waals surface area (Å²) in [6, 6.07) is 50.2. The van der Waals surface area contributed by atoms with Crippen molar-refractivity contribution in [1.29, 1.82) is 10.5 Å². The highest BCUT2D eigenvalue weighted by molar-refractivity contribution is 6.25. The van der Waals surface area contributed by atoms with Crippen LogP contribution in [0.2, 0.25) is 0 Å². The van der Waals surface area contributed by atoms with Crippen molar-refractivity contribution in [2.45, 2.75) is 0 Å².